The van der Waals surface area contributed by atoms with Gasteiger partial charge >= 0.3 is 0 Å². The van der Waals surface area contributed by atoms with E-state index < -0.39 is 0 Å². The van der Waals surface area contributed by atoms with E-state index in [2.05, 4.69) is 5.32 Å². The Balaban J connectivity index is 1.46. The summed E-state index contributed by atoms with van der Waals surface area (Å²) < 4.78 is 5.60. The van der Waals surface area contributed by atoms with Crippen molar-refractivity contribution in [3.63, 3.8) is 0 Å². The van der Waals surface area contributed by atoms with Gasteiger partial charge in [0.15, 0.2) is 0 Å². The molecule has 1 unspecified atom stereocenters. The first-order chi connectivity index (χ1) is 7.38. The Morgan fingerprint density at radius 2 is 2.07 bits per heavy atom. The first-order valence-corrected chi connectivity index (χ1v) is 6.33. The minimum absolute atomic E-state index is 0.152. The van der Waals surface area contributed by atoms with Gasteiger partial charge in [-0.2, -0.15) is 0 Å². The molecule has 2 N–H and O–H groups in total. The quantitative estimate of drug-likeness (QED) is 0.597. The highest BCUT2D eigenvalue weighted by Crippen LogP contribution is 2.29. The molecule has 0 bridgehead atoms. The molecule has 0 aromatic heterocycles. The Labute approximate surface area is 92.2 Å². The summed E-state index contributed by atoms with van der Waals surface area (Å²) in [6, 6.07) is 0.802. The summed E-state index contributed by atoms with van der Waals surface area (Å²) in [7, 11) is 0. The van der Waals surface area contributed by atoms with Crippen LogP contribution in [0.25, 0.3) is 0 Å². The molecule has 1 atom stereocenters. The first-order valence-electron chi connectivity index (χ1n) is 6.33. The molecule has 2 aliphatic carbocycles. The minimum atomic E-state index is 0.152. The number of ether oxygens (including phenoxy) is 1. The predicted molar refractivity (Wildman–Crippen MR) is 59.8 cm³/mol. The molecule has 3 nitrogen and oxygen atoms in total. The van der Waals surface area contributed by atoms with Gasteiger partial charge in [-0.15, -0.1) is 0 Å². The second kappa shape index (κ2) is 5.83. The van der Waals surface area contributed by atoms with Crippen molar-refractivity contribution in [1.29, 1.82) is 0 Å². The molecule has 3 heteroatoms. The second-order valence-corrected chi connectivity index (χ2v) is 4.98. The first kappa shape index (κ1) is 11.4. The Morgan fingerprint density at radius 1 is 1.27 bits per heavy atom. The van der Waals surface area contributed by atoms with Crippen LogP contribution in [0.2, 0.25) is 0 Å². The Bertz CT molecular complexity index is 178. The molecule has 2 fully saturated rings. The highest BCUT2D eigenvalue weighted by Gasteiger charge is 2.24. The van der Waals surface area contributed by atoms with Gasteiger partial charge < -0.3 is 15.2 Å². The molecule has 2 saturated carbocycles. The summed E-state index contributed by atoms with van der Waals surface area (Å²) in [5.41, 5.74) is 0. The molecule has 0 spiro atoms. The van der Waals surface area contributed by atoms with E-state index in [4.69, 9.17) is 9.84 Å². The second-order valence-electron chi connectivity index (χ2n) is 4.98. The van der Waals surface area contributed by atoms with E-state index in [-0.39, 0.29) is 12.6 Å². The third kappa shape index (κ3) is 4.09. The molecular formula is C12H23NO2. The van der Waals surface area contributed by atoms with Crippen LogP contribution >= 0.6 is 0 Å². The molecule has 0 heterocycles. The summed E-state index contributed by atoms with van der Waals surface area (Å²) in [6.07, 6.45) is 7.94. The molecule has 0 amide bonds. The van der Waals surface area contributed by atoms with Gasteiger partial charge in [-0.1, -0.05) is 19.3 Å². The summed E-state index contributed by atoms with van der Waals surface area (Å²) in [5, 5.41) is 12.5. The van der Waals surface area contributed by atoms with Crippen molar-refractivity contribution in [2.24, 2.45) is 5.92 Å². The highest BCUT2D eigenvalue weighted by molar-refractivity contribution is 4.84. The zero-order valence-corrected chi connectivity index (χ0v) is 9.45. The molecule has 0 aromatic carbocycles. The third-order valence-electron chi connectivity index (χ3n) is 3.48. The van der Waals surface area contributed by atoms with E-state index in [0.29, 0.717) is 12.6 Å². The van der Waals surface area contributed by atoms with E-state index >= 15 is 0 Å². The highest BCUT2D eigenvalue weighted by atomic mass is 16.5. The van der Waals surface area contributed by atoms with Gasteiger partial charge in [0.25, 0.3) is 0 Å². The van der Waals surface area contributed by atoms with Gasteiger partial charge in [-0.05, 0) is 25.2 Å². The number of hydrogen-bond donors (Lipinski definition) is 2. The van der Waals surface area contributed by atoms with Crippen molar-refractivity contribution in [3.05, 3.63) is 0 Å². The van der Waals surface area contributed by atoms with E-state index in [1.165, 1.54) is 38.5 Å². The van der Waals surface area contributed by atoms with Gasteiger partial charge in [0, 0.05) is 12.6 Å². The number of aliphatic hydroxyl groups excluding tert-OH is 1. The SMILES string of the molecule is OCC(COCCC1CCC1)NC1CC1. The summed E-state index contributed by atoms with van der Waals surface area (Å²) in [4.78, 5) is 0. The third-order valence-corrected chi connectivity index (χ3v) is 3.48. The van der Waals surface area contributed by atoms with E-state index in [1.54, 1.807) is 0 Å². The van der Waals surface area contributed by atoms with Gasteiger partial charge in [0.1, 0.15) is 0 Å². The average Bonchev–Trinajstić information content (AvgIpc) is 2.96. The lowest BCUT2D eigenvalue weighted by atomic mass is 9.83. The lowest BCUT2D eigenvalue weighted by molar-refractivity contribution is 0.0718. The molecule has 2 rings (SSSR count). The van der Waals surface area contributed by atoms with Crippen LogP contribution < -0.4 is 5.32 Å². The average molecular weight is 213 g/mol. The maximum Gasteiger partial charge on any atom is 0.0642 e. The molecule has 0 saturated heterocycles. The topological polar surface area (TPSA) is 41.5 Å². The van der Waals surface area contributed by atoms with Crippen molar-refractivity contribution in [3.8, 4) is 0 Å². The summed E-state index contributed by atoms with van der Waals surface area (Å²) >= 11 is 0. The van der Waals surface area contributed by atoms with Crippen LogP contribution in [-0.2, 0) is 4.74 Å². The Kier molecular flexibility index (Phi) is 4.42. The monoisotopic (exact) mass is 213 g/mol. The largest absolute Gasteiger partial charge is 0.395 e. The van der Waals surface area contributed by atoms with E-state index in [0.717, 1.165) is 12.5 Å². The lowest BCUT2D eigenvalue weighted by Crippen LogP contribution is -2.38. The Morgan fingerprint density at radius 3 is 2.60 bits per heavy atom. The maximum absolute atomic E-state index is 9.13. The zero-order chi connectivity index (χ0) is 10.5. The van der Waals surface area contributed by atoms with Crippen LogP contribution in [0.15, 0.2) is 0 Å². The van der Waals surface area contributed by atoms with Crippen molar-refractivity contribution < 1.29 is 9.84 Å². The maximum atomic E-state index is 9.13. The normalized spacial score (nSPS) is 23.8. The molecular weight excluding hydrogens is 190 g/mol. The lowest BCUT2D eigenvalue weighted by Gasteiger charge is -2.25. The van der Waals surface area contributed by atoms with Gasteiger partial charge in [0.05, 0.1) is 19.3 Å². The number of hydrogen-bond acceptors (Lipinski definition) is 3. The minimum Gasteiger partial charge on any atom is -0.395 e. The van der Waals surface area contributed by atoms with Crippen LogP contribution in [0.4, 0.5) is 0 Å². The van der Waals surface area contributed by atoms with Crippen molar-refractivity contribution in [1.82, 2.24) is 5.32 Å². The summed E-state index contributed by atoms with van der Waals surface area (Å²) in [5.74, 6) is 0.925. The molecule has 0 aromatic rings. The van der Waals surface area contributed by atoms with Crippen molar-refractivity contribution in [2.45, 2.75) is 50.6 Å². The standard InChI is InChI=1S/C12H23NO2/c14-8-12(13-11-4-5-11)9-15-7-6-10-2-1-3-10/h10-14H,1-9H2. The Hall–Kier alpha value is -0.120. The van der Waals surface area contributed by atoms with Crippen LogP contribution in [0.3, 0.4) is 0 Å². The van der Waals surface area contributed by atoms with E-state index in [1.807, 2.05) is 0 Å². The fourth-order valence-corrected chi connectivity index (χ4v) is 1.99. The van der Waals surface area contributed by atoms with Gasteiger partial charge in [-0.25, -0.2) is 0 Å². The predicted octanol–water partition coefficient (Wildman–Crippen LogP) is 1.31. The van der Waals surface area contributed by atoms with Crippen LogP contribution in [-0.4, -0.2) is 37.0 Å². The molecule has 15 heavy (non-hydrogen) atoms. The van der Waals surface area contributed by atoms with Gasteiger partial charge in [0.2, 0.25) is 0 Å². The fourth-order valence-electron chi connectivity index (χ4n) is 1.99. The molecule has 88 valence electrons. The van der Waals surface area contributed by atoms with Crippen molar-refractivity contribution >= 4 is 0 Å². The summed E-state index contributed by atoms with van der Waals surface area (Å²) in [6.45, 7) is 1.73. The van der Waals surface area contributed by atoms with E-state index in [9.17, 15) is 0 Å². The zero-order valence-electron chi connectivity index (χ0n) is 9.45. The van der Waals surface area contributed by atoms with Crippen LogP contribution in [0, 0.1) is 5.92 Å². The fraction of sp³-hybridized carbons (Fsp3) is 1.00. The molecule has 0 radical (unpaired) electrons. The van der Waals surface area contributed by atoms with Crippen LogP contribution in [0.5, 0.6) is 0 Å². The molecule has 0 aliphatic heterocycles. The number of aliphatic hydroxyl groups is 1. The van der Waals surface area contributed by atoms with Crippen LogP contribution in [0.1, 0.15) is 38.5 Å². The smallest absolute Gasteiger partial charge is 0.0642 e. The van der Waals surface area contributed by atoms with Crippen molar-refractivity contribution in [2.75, 3.05) is 19.8 Å². The number of rotatable bonds is 8. The van der Waals surface area contributed by atoms with Gasteiger partial charge in [-0.3, -0.25) is 0 Å². The number of nitrogens with one attached hydrogen (secondary N) is 1. The molecule has 2 aliphatic rings.